The Morgan fingerprint density at radius 3 is 2.88 bits per heavy atom. The zero-order chi connectivity index (χ0) is 12.1. The van der Waals surface area contributed by atoms with Gasteiger partial charge in [-0.15, -0.1) is 10.2 Å². The van der Waals surface area contributed by atoms with Crippen LogP contribution in [0.4, 0.5) is 0 Å². The molecule has 0 atom stereocenters. The van der Waals surface area contributed by atoms with E-state index in [-0.39, 0.29) is 11.7 Å². The molecule has 2 rings (SSSR count). The maximum atomic E-state index is 11.0. The fraction of sp³-hybridized carbons (Fsp3) is 0.200. The van der Waals surface area contributed by atoms with Crippen LogP contribution in [-0.2, 0) is 4.79 Å². The van der Waals surface area contributed by atoms with Gasteiger partial charge in [-0.25, -0.2) is 0 Å². The SMILES string of the molecule is CNC(=O)CSc1nnc(-c2ccncc2)o1. The minimum absolute atomic E-state index is 0.0846. The molecule has 1 N–H and O–H groups in total. The van der Waals surface area contributed by atoms with E-state index in [1.54, 1.807) is 31.6 Å². The highest BCUT2D eigenvalue weighted by Crippen LogP contribution is 2.22. The van der Waals surface area contributed by atoms with Gasteiger partial charge < -0.3 is 9.73 Å². The molecule has 0 aliphatic heterocycles. The monoisotopic (exact) mass is 250 g/mol. The molecule has 2 heterocycles. The van der Waals surface area contributed by atoms with E-state index in [0.717, 1.165) is 5.56 Å². The van der Waals surface area contributed by atoms with Crippen molar-refractivity contribution in [2.45, 2.75) is 5.22 Å². The van der Waals surface area contributed by atoms with Gasteiger partial charge in [-0.3, -0.25) is 9.78 Å². The van der Waals surface area contributed by atoms with Gasteiger partial charge in [-0.05, 0) is 12.1 Å². The van der Waals surface area contributed by atoms with Crippen molar-refractivity contribution in [3.63, 3.8) is 0 Å². The Balaban J connectivity index is 2.04. The number of pyridine rings is 1. The van der Waals surface area contributed by atoms with E-state index in [1.165, 1.54) is 11.8 Å². The summed E-state index contributed by atoms with van der Waals surface area (Å²) >= 11 is 1.20. The van der Waals surface area contributed by atoms with Gasteiger partial charge in [0.1, 0.15) is 0 Å². The normalized spacial score (nSPS) is 10.2. The van der Waals surface area contributed by atoms with Crippen molar-refractivity contribution in [3.05, 3.63) is 24.5 Å². The van der Waals surface area contributed by atoms with Crippen molar-refractivity contribution < 1.29 is 9.21 Å². The van der Waals surface area contributed by atoms with Crippen LogP contribution < -0.4 is 5.32 Å². The van der Waals surface area contributed by atoms with Crippen molar-refractivity contribution in [3.8, 4) is 11.5 Å². The first-order valence-electron chi connectivity index (χ1n) is 4.87. The van der Waals surface area contributed by atoms with Gasteiger partial charge >= 0.3 is 0 Å². The van der Waals surface area contributed by atoms with Crippen LogP contribution in [-0.4, -0.2) is 33.9 Å². The maximum absolute atomic E-state index is 11.0. The molecule has 0 saturated heterocycles. The predicted molar refractivity (Wildman–Crippen MR) is 62.3 cm³/mol. The predicted octanol–water partition coefficient (Wildman–Crippen LogP) is 0.970. The van der Waals surface area contributed by atoms with E-state index in [1.807, 2.05) is 0 Å². The first kappa shape index (κ1) is 11.6. The number of nitrogens with zero attached hydrogens (tertiary/aromatic N) is 3. The molecule has 2 aromatic rings. The molecule has 0 fully saturated rings. The Bertz CT molecular complexity index is 500. The highest BCUT2D eigenvalue weighted by Gasteiger charge is 2.09. The average Bonchev–Trinajstić information content (AvgIpc) is 2.86. The van der Waals surface area contributed by atoms with E-state index in [2.05, 4.69) is 20.5 Å². The maximum Gasteiger partial charge on any atom is 0.277 e. The van der Waals surface area contributed by atoms with Gasteiger partial charge in [0.05, 0.1) is 5.75 Å². The molecule has 0 bridgehead atoms. The fourth-order valence-electron chi connectivity index (χ4n) is 1.08. The van der Waals surface area contributed by atoms with Crippen molar-refractivity contribution >= 4 is 17.7 Å². The van der Waals surface area contributed by atoms with Crippen LogP contribution in [0.25, 0.3) is 11.5 Å². The third kappa shape index (κ3) is 3.04. The van der Waals surface area contributed by atoms with E-state index in [4.69, 9.17) is 4.42 Å². The van der Waals surface area contributed by atoms with Crippen LogP contribution in [0.15, 0.2) is 34.2 Å². The highest BCUT2D eigenvalue weighted by molar-refractivity contribution is 7.99. The number of carbonyl (C=O) groups excluding carboxylic acids is 1. The number of rotatable bonds is 4. The fourth-order valence-corrected chi connectivity index (χ4v) is 1.71. The molecule has 17 heavy (non-hydrogen) atoms. The number of thioether (sulfide) groups is 1. The average molecular weight is 250 g/mol. The Hall–Kier alpha value is -1.89. The number of amides is 1. The second-order valence-electron chi connectivity index (χ2n) is 3.07. The van der Waals surface area contributed by atoms with Crippen LogP contribution in [0.3, 0.4) is 0 Å². The quantitative estimate of drug-likeness (QED) is 0.814. The summed E-state index contributed by atoms with van der Waals surface area (Å²) < 4.78 is 5.40. The lowest BCUT2D eigenvalue weighted by molar-refractivity contribution is -0.118. The molecule has 88 valence electrons. The van der Waals surface area contributed by atoms with Crippen LogP contribution in [0.5, 0.6) is 0 Å². The zero-order valence-corrected chi connectivity index (χ0v) is 9.90. The summed E-state index contributed by atoms with van der Waals surface area (Å²) in [6, 6.07) is 3.56. The van der Waals surface area contributed by atoms with Crippen molar-refractivity contribution in [1.82, 2.24) is 20.5 Å². The molecule has 1 amide bonds. The molecule has 6 nitrogen and oxygen atoms in total. The molecule has 0 saturated carbocycles. The largest absolute Gasteiger partial charge is 0.411 e. The van der Waals surface area contributed by atoms with Gasteiger partial charge in [0.2, 0.25) is 11.8 Å². The summed E-state index contributed by atoms with van der Waals surface area (Å²) in [4.78, 5) is 14.9. The lowest BCUT2D eigenvalue weighted by Crippen LogP contribution is -2.19. The van der Waals surface area contributed by atoms with E-state index in [9.17, 15) is 4.79 Å². The summed E-state index contributed by atoms with van der Waals surface area (Å²) in [6.45, 7) is 0. The molecular formula is C10H10N4O2S. The number of nitrogens with one attached hydrogen (secondary N) is 1. The van der Waals surface area contributed by atoms with Crippen LogP contribution in [0, 0.1) is 0 Å². The van der Waals surface area contributed by atoms with E-state index in [0.29, 0.717) is 11.1 Å². The molecule has 0 spiro atoms. The first-order chi connectivity index (χ1) is 8.29. The standard InChI is InChI=1S/C10H10N4O2S/c1-11-8(15)6-17-10-14-13-9(16-10)7-2-4-12-5-3-7/h2-5H,6H2,1H3,(H,11,15). The van der Waals surface area contributed by atoms with Gasteiger partial charge in [0.15, 0.2) is 0 Å². The highest BCUT2D eigenvalue weighted by atomic mass is 32.2. The summed E-state index contributed by atoms with van der Waals surface area (Å²) in [5.41, 5.74) is 0.805. The number of hydrogen-bond donors (Lipinski definition) is 1. The second kappa shape index (κ2) is 5.44. The minimum atomic E-state index is -0.0846. The van der Waals surface area contributed by atoms with Gasteiger partial charge in [0.25, 0.3) is 5.22 Å². The molecule has 0 aromatic carbocycles. The Morgan fingerprint density at radius 1 is 1.41 bits per heavy atom. The van der Waals surface area contributed by atoms with Crippen LogP contribution in [0.1, 0.15) is 0 Å². The summed E-state index contributed by atoms with van der Waals surface area (Å²) in [5, 5.41) is 10.6. The second-order valence-corrected chi connectivity index (χ2v) is 4.00. The number of aromatic nitrogens is 3. The van der Waals surface area contributed by atoms with Crippen molar-refractivity contribution in [2.24, 2.45) is 0 Å². The topological polar surface area (TPSA) is 80.9 Å². The molecular weight excluding hydrogens is 240 g/mol. The van der Waals surface area contributed by atoms with Crippen LogP contribution in [0.2, 0.25) is 0 Å². The molecule has 0 radical (unpaired) electrons. The molecule has 7 heteroatoms. The summed E-state index contributed by atoms with van der Waals surface area (Å²) in [7, 11) is 1.58. The number of carbonyl (C=O) groups is 1. The zero-order valence-electron chi connectivity index (χ0n) is 9.08. The Kier molecular flexibility index (Phi) is 3.71. The molecule has 0 aliphatic carbocycles. The van der Waals surface area contributed by atoms with Crippen LogP contribution >= 0.6 is 11.8 Å². The van der Waals surface area contributed by atoms with E-state index >= 15 is 0 Å². The molecule has 0 aliphatic rings. The van der Waals surface area contributed by atoms with Crippen molar-refractivity contribution in [1.29, 1.82) is 0 Å². The molecule has 0 unspecified atom stereocenters. The Morgan fingerprint density at radius 2 is 2.18 bits per heavy atom. The van der Waals surface area contributed by atoms with Crippen molar-refractivity contribution in [2.75, 3.05) is 12.8 Å². The Labute approximate surface area is 102 Å². The van der Waals surface area contributed by atoms with E-state index < -0.39 is 0 Å². The lowest BCUT2D eigenvalue weighted by Gasteiger charge is -1.94. The summed E-state index contributed by atoms with van der Waals surface area (Å²) in [5.74, 6) is 0.597. The van der Waals surface area contributed by atoms with Gasteiger partial charge in [-0.2, -0.15) is 0 Å². The minimum Gasteiger partial charge on any atom is -0.411 e. The molecule has 2 aromatic heterocycles. The summed E-state index contributed by atoms with van der Waals surface area (Å²) in [6.07, 6.45) is 3.30. The third-order valence-corrected chi connectivity index (χ3v) is 2.76. The first-order valence-corrected chi connectivity index (χ1v) is 5.85. The van der Waals surface area contributed by atoms with Gasteiger partial charge in [-0.1, -0.05) is 11.8 Å². The third-order valence-electron chi connectivity index (χ3n) is 1.94. The number of hydrogen-bond acceptors (Lipinski definition) is 6. The lowest BCUT2D eigenvalue weighted by atomic mass is 10.3. The smallest absolute Gasteiger partial charge is 0.277 e. The van der Waals surface area contributed by atoms with Gasteiger partial charge in [0, 0.05) is 25.0 Å².